The van der Waals surface area contributed by atoms with Crippen LogP contribution in [0.1, 0.15) is 38.0 Å². The summed E-state index contributed by atoms with van der Waals surface area (Å²) in [6, 6.07) is 5.57. The number of benzene rings is 1. The normalized spacial score (nSPS) is 10.6. The molecule has 0 saturated carbocycles. The molecule has 29 heavy (non-hydrogen) atoms. The van der Waals surface area contributed by atoms with Crippen molar-refractivity contribution in [3.63, 3.8) is 0 Å². The Balaban J connectivity index is 1.69. The molecule has 0 aliphatic heterocycles. The molecule has 0 aliphatic rings. The van der Waals surface area contributed by atoms with Crippen molar-refractivity contribution in [2.24, 2.45) is 0 Å². The van der Waals surface area contributed by atoms with Crippen LogP contribution in [-0.4, -0.2) is 39.2 Å². The third kappa shape index (κ3) is 3.98. The van der Waals surface area contributed by atoms with Crippen LogP contribution >= 0.6 is 0 Å². The number of esters is 2. The molecule has 0 fully saturated rings. The molecule has 11 nitrogen and oxygen atoms in total. The average molecular weight is 400 g/mol. The topological polar surface area (TPSA) is 150 Å². The summed E-state index contributed by atoms with van der Waals surface area (Å²) in [5.41, 5.74) is 1.72. The summed E-state index contributed by atoms with van der Waals surface area (Å²) >= 11 is 0. The third-order valence-electron chi connectivity index (χ3n) is 4.15. The highest BCUT2D eigenvalue weighted by Crippen LogP contribution is 2.22. The van der Waals surface area contributed by atoms with Crippen LogP contribution in [-0.2, 0) is 16.1 Å². The zero-order valence-corrected chi connectivity index (χ0v) is 15.7. The number of carbonyl (C=O) groups is 2. The molecule has 3 rings (SSSR count). The van der Waals surface area contributed by atoms with Gasteiger partial charge in [-0.1, -0.05) is 0 Å². The zero-order chi connectivity index (χ0) is 21.1. The van der Waals surface area contributed by atoms with Crippen molar-refractivity contribution >= 4 is 17.6 Å². The van der Waals surface area contributed by atoms with Gasteiger partial charge < -0.3 is 18.9 Å². The van der Waals surface area contributed by atoms with Crippen molar-refractivity contribution in [3.05, 3.63) is 62.8 Å². The Morgan fingerprint density at radius 2 is 1.86 bits per heavy atom. The Morgan fingerprint density at radius 1 is 1.17 bits per heavy atom. The van der Waals surface area contributed by atoms with E-state index in [4.69, 9.17) is 13.9 Å². The molecule has 3 aromatic rings. The molecule has 0 amide bonds. The summed E-state index contributed by atoms with van der Waals surface area (Å²) in [4.78, 5) is 37.1. The van der Waals surface area contributed by atoms with Gasteiger partial charge in [0.1, 0.15) is 5.69 Å². The number of hydrogen-bond acceptors (Lipinski definition) is 9. The maximum atomic E-state index is 12.3. The van der Waals surface area contributed by atoms with E-state index in [0.29, 0.717) is 16.8 Å². The minimum Gasteiger partial charge on any atom is -0.465 e. The van der Waals surface area contributed by atoms with Gasteiger partial charge in [0.05, 0.1) is 17.6 Å². The Bertz CT molecular complexity index is 1080. The lowest BCUT2D eigenvalue weighted by atomic mass is 10.1. The second kappa shape index (κ2) is 7.92. The number of ether oxygens (including phenoxy) is 2. The third-order valence-corrected chi connectivity index (χ3v) is 4.15. The molecule has 2 aromatic heterocycles. The number of nitro groups is 1. The smallest absolute Gasteiger partial charge is 0.355 e. The van der Waals surface area contributed by atoms with Crippen LogP contribution in [0.25, 0.3) is 11.5 Å². The second-order valence-corrected chi connectivity index (χ2v) is 6.00. The Kier molecular flexibility index (Phi) is 5.39. The molecule has 0 bridgehead atoms. The number of methoxy groups -OCH3 is 1. The monoisotopic (exact) mass is 400 g/mol. The number of aromatic amines is 1. The number of nitrogens with one attached hydrogen (secondary N) is 1. The van der Waals surface area contributed by atoms with E-state index in [1.807, 2.05) is 0 Å². The first kappa shape index (κ1) is 19.7. The van der Waals surface area contributed by atoms with Crippen molar-refractivity contribution in [1.82, 2.24) is 15.2 Å². The summed E-state index contributed by atoms with van der Waals surface area (Å²) in [7, 11) is 1.25. The highest BCUT2D eigenvalue weighted by atomic mass is 16.6. The Morgan fingerprint density at radius 3 is 2.48 bits per heavy atom. The van der Waals surface area contributed by atoms with Gasteiger partial charge in [-0.05, 0) is 31.5 Å². The fourth-order valence-electron chi connectivity index (χ4n) is 2.72. The van der Waals surface area contributed by atoms with E-state index in [9.17, 15) is 19.7 Å². The number of carbonyl (C=O) groups excluding carboxylic acids is 2. The van der Waals surface area contributed by atoms with Gasteiger partial charge in [-0.3, -0.25) is 10.1 Å². The first-order valence-electron chi connectivity index (χ1n) is 8.33. The molecule has 11 heteroatoms. The summed E-state index contributed by atoms with van der Waals surface area (Å²) in [6.07, 6.45) is 0. The van der Waals surface area contributed by atoms with Crippen LogP contribution in [0.4, 0.5) is 5.69 Å². The van der Waals surface area contributed by atoms with Crippen LogP contribution in [0.3, 0.4) is 0 Å². The maximum absolute atomic E-state index is 12.3. The molecule has 2 heterocycles. The molecule has 1 aromatic carbocycles. The van der Waals surface area contributed by atoms with Crippen LogP contribution in [0.5, 0.6) is 0 Å². The number of H-pyrrole nitrogens is 1. The van der Waals surface area contributed by atoms with Crippen LogP contribution in [0.2, 0.25) is 0 Å². The Hall–Kier alpha value is -4.02. The van der Waals surface area contributed by atoms with Gasteiger partial charge in [0.25, 0.3) is 11.6 Å². The molecule has 0 spiro atoms. The highest BCUT2D eigenvalue weighted by molar-refractivity contribution is 5.98. The van der Waals surface area contributed by atoms with E-state index < -0.39 is 16.9 Å². The number of aryl methyl sites for hydroxylation is 1. The van der Waals surface area contributed by atoms with Gasteiger partial charge >= 0.3 is 11.9 Å². The molecular formula is C18H16N4O7. The SMILES string of the molecule is COC(=O)c1c(C)[nH]c(C(=O)OCc2nnc(-c3ccc([N+](=O)[O-])cc3)o2)c1C. The van der Waals surface area contributed by atoms with Crippen LogP contribution in [0, 0.1) is 24.0 Å². The van der Waals surface area contributed by atoms with E-state index in [2.05, 4.69) is 15.2 Å². The lowest BCUT2D eigenvalue weighted by molar-refractivity contribution is -0.384. The molecule has 0 saturated heterocycles. The minimum absolute atomic E-state index is 0.0424. The number of hydrogen-bond donors (Lipinski definition) is 1. The largest absolute Gasteiger partial charge is 0.465 e. The lowest BCUT2D eigenvalue weighted by Gasteiger charge is -2.02. The quantitative estimate of drug-likeness (QED) is 0.374. The van der Waals surface area contributed by atoms with Gasteiger partial charge in [-0.15, -0.1) is 10.2 Å². The zero-order valence-electron chi connectivity index (χ0n) is 15.7. The van der Waals surface area contributed by atoms with Crippen molar-refractivity contribution in [2.45, 2.75) is 20.5 Å². The van der Waals surface area contributed by atoms with E-state index >= 15 is 0 Å². The van der Waals surface area contributed by atoms with Gasteiger partial charge in [-0.25, -0.2) is 9.59 Å². The minimum atomic E-state index is -0.698. The van der Waals surface area contributed by atoms with Crippen molar-refractivity contribution in [2.75, 3.05) is 7.11 Å². The molecule has 0 unspecified atom stereocenters. The number of nitro benzene ring substituents is 1. The average Bonchev–Trinajstić information content (AvgIpc) is 3.30. The van der Waals surface area contributed by atoms with Gasteiger partial charge in [0, 0.05) is 23.4 Å². The van der Waals surface area contributed by atoms with Crippen molar-refractivity contribution in [1.29, 1.82) is 0 Å². The van der Waals surface area contributed by atoms with Crippen molar-refractivity contribution in [3.8, 4) is 11.5 Å². The number of aromatic nitrogens is 3. The Labute approximate surface area is 163 Å². The number of rotatable bonds is 6. The highest BCUT2D eigenvalue weighted by Gasteiger charge is 2.24. The van der Waals surface area contributed by atoms with Gasteiger partial charge in [-0.2, -0.15) is 0 Å². The van der Waals surface area contributed by atoms with Crippen molar-refractivity contribution < 1.29 is 28.4 Å². The predicted octanol–water partition coefficient (Wildman–Crippen LogP) is 2.73. The standard InChI is InChI=1S/C18H16N4O7/c1-9-14(17(23)27-3)10(2)19-15(9)18(24)28-8-13-20-21-16(29-13)11-4-6-12(7-5-11)22(25)26/h4-7,19H,8H2,1-3H3. The first-order valence-corrected chi connectivity index (χ1v) is 8.33. The first-order chi connectivity index (χ1) is 13.8. The fraction of sp³-hybridized carbons (Fsp3) is 0.222. The van der Waals surface area contributed by atoms with E-state index in [0.717, 1.165) is 0 Å². The van der Waals surface area contributed by atoms with Gasteiger partial charge in [0.15, 0.2) is 6.61 Å². The maximum Gasteiger partial charge on any atom is 0.355 e. The molecule has 150 valence electrons. The molecule has 0 atom stereocenters. The second-order valence-electron chi connectivity index (χ2n) is 6.00. The summed E-state index contributed by atoms with van der Waals surface area (Å²) in [6.45, 7) is 2.96. The van der Waals surface area contributed by atoms with Gasteiger partial charge in [0.2, 0.25) is 5.89 Å². The fourth-order valence-corrected chi connectivity index (χ4v) is 2.72. The number of nitrogens with zero attached hydrogens (tertiary/aromatic N) is 3. The molecule has 0 radical (unpaired) electrons. The van der Waals surface area contributed by atoms with Crippen LogP contribution in [0.15, 0.2) is 28.7 Å². The van der Waals surface area contributed by atoms with Crippen LogP contribution < -0.4 is 0 Å². The lowest BCUT2D eigenvalue weighted by Crippen LogP contribution is -2.08. The van der Waals surface area contributed by atoms with E-state index in [1.165, 1.54) is 31.4 Å². The summed E-state index contributed by atoms with van der Waals surface area (Å²) in [5, 5.41) is 18.3. The predicted molar refractivity (Wildman–Crippen MR) is 97.1 cm³/mol. The molecule has 0 aliphatic carbocycles. The summed E-state index contributed by atoms with van der Waals surface area (Å²) < 4.78 is 15.3. The molecule has 1 N–H and O–H groups in total. The number of non-ortho nitro benzene ring substituents is 1. The van der Waals surface area contributed by atoms with E-state index in [1.54, 1.807) is 13.8 Å². The summed E-state index contributed by atoms with van der Waals surface area (Å²) in [5.74, 6) is -1.08. The van der Waals surface area contributed by atoms with E-state index in [-0.39, 0.29) is 35.3 Å². The molecular weight excluding hydrogens is 384 g/mol.